The summed E-state index contributed by atoms with van der Waals surface area (Å²) in [4.78, 5) is 17.3. The van der Waals surface area contributed by atoms with Crippen molar-refractivity contribution in [3.63, 3.8) is 0 Å². The first kappa shape index (κ1) is 20.3. The van der Waals surface area contributed by atoms with Crippen LogP contribution in [0.25, 0.3) is 27.6 Å². The summed E-state index contributed by atoms with van der Waals surface area (Å²) in [5.74, 6) is -0.335. The van der Waals surface area contributed by atoms with Crippen molar-refractivity contribution < 1.29 is 18.0 Å². The number of alkyl halides is 3. The molecule has 1 N–H and O–H groups in total. The van der Waals surface area contributed by atoms with Gasteiger partial charge in [-0.15, -0.1) is 0 Å². The van der Waals surface area contributed by atoms with Gasteiger partial charge >= 0.3 is 6.18 Å². The van der Waals surface area contributed by atoms with Gasteiger partial charge in [-0.1, -0.05) is 54.6 Å². The third kappa shape index (κ3) is 3.87. The maximum Gasteiger partial charge on any atom is 0.416 e. The molecule has 1 heterocycles. The summed E-state index contributed by atoms with van der Waals surface area (Å²) < 4.78 is 38.9. The molecule has 158 valence electrons. The molecule has 1 fully saturated rings. The second-order valence-corrected chi connectivity index (χ2v) is 8.29. The lowest BCUT2D eigenvalue weighted by molar-refractivity contribution is -0.137. The molecule has 1 aliphatic rings. The number of halogens is 3. The molecular weight excluding hydrogens is 433 g/mol. The van der Waals surface area contributed by atoms with Crippen molar-refractivity contribution in [2.75, 3.05) is 0 Å². The van der Waals surface area contributed by atoms with E-state index < -0.39 is 11.7 Å². The van der Waals surface area contributed by atoms with Gasteiger partial charge in [0.25, 0.3) is 5.91 Å². The molecule has 0 bridgehead atoms. The summed E-state index contributed by atoms with van der Waals surface area (Å²) >= 11 is 1.11. The number of benzene rings is 4. The van der Waals surface area contributed by atoms with Gasteiger partial charge in [-0.25, -0.2) is 4.99 Å². The van der Waals surface area contributed by atoms with Crippen LogP contribution >= 0.6 is 11.8 Å². The van der Waals surface area contributed by atoms with Gasteiger partial charge in [0.15, 0.2) is 5.17 Å². The zero-order valence-corrected chi connectivity index (χ0v) is 17.3. The lowest BCUT2D eigenvalue weighted by Crippen LogP contribution is -2.19. The Hall–Kier alpha value is -3.58. The molecule has 3 nitrogen and oxygen atoms in total. The number of rotatable bonds is 2. The molecule has 7 heteroatoms. The fourth-order valence-electron chi connectivity index (χ4n) is 3.69. The van der Waals surface area contributed by atoms with Crippen LogP contribution in [0.5, 0.6) is 0 Å². The smallest absolute Gasteiger partial charge is 0.300 e. The van der Waals surface area contributed by atoms with Crippen LogP contribution in [0.1, 0.15) is 11.1 Å². The van der Waals surface area contributed by atoms with Gasteiger partial charge < -0.3 is 5.32 Å². The number of nitrogens with one attached hydrogen (secondary N) is 1. The van der Waals surface area contributed by atoms with Crippen molar-refractivity contribution >= 4 is 56.1 Å². The second-order valence-electron chi connectivity index (χ2n) is 7.26. The fourth-order valence-corrected chi connectivity index (χ4v) is 4.51. The molecule has 4 aromatic rings. The van der Waals surface area contributed by atoms with Crippen LogP contribution in [0.2, 0.25) is 0 Å². The van der Waals surface area contributed by atoms with Crippen molar-refractivity contribution in [1.29, 1.82) is 0 Å². The Morgan fingerprint density at radius 1 is 0.844 bits per heavy atom. The Morgan fingerprint density at radius 3 is 2.16 bits per heavy atom. The van der Waals surface area contributed by atoms with Gasteiger partial charge in [0.2, 0.25) is 0 Å². The standard InChI is InChI=1S/C25H15F3N2OS/c26-25(27,28)17-8-5-9-18(13-17)29-24-30-23(31)22(32-24)14-21-19-10-3-1-6-15(19)12-16-7-2-4-11-20(16)21/h1-14H,(H,29,30,31)/b22-14-. The number of thioether (sulfide) groups is 1. The van der Waals surface area contributed by atoms with Crippen molar-refractivity contribution in [3.05, 3.63) is 94.9 Å². The molecule has 0 radical (unpaired) electrons. The van der Waals surface area contributed by atoms with Gasteiger partial charge in [0, 0.05) is 0 Å². The molecule has 0 spiro atoms. The zero-order chi connectivity index (χ0) is 22.3. The predicted molar refractivity (Wildman–Crippen MR) is 124 cm³/mol. The number of aliphatic imine (C=N–C) groups is 1. The van der Waals surface area contributed by atoms with Crippen molar-refractivity contribution in [3.8, 4) is 0 Å². The van der Waals surface area contributed by atoms with E-state index in [0.29, 0.717) is 4.91 Å². The highest BCUT2D eigenvalue weighted by atomic mass is 32.2. The Labute approximate surface area is 185 Å². The third-order valence-electron chi connectivity index (χ3n) is 5.14. The highest BCUT2D eigenvalue weighted by Gasteiger charge is 2.30. The molecular formula is C25H15F3N2OS. The minimum atomic E-state index is -4.46. The molecule has 4 aromatic carbocycles. The van der Waals surface area contributed by atoms with Gasteiger partial charge in [-0.3, -0.25) is 4.79 Å². The highest BCUT2D eigenvalue weighted by molar-refractivity contribution is 8.18. The number of hydrogen-bond donors (Lipinski definition) is 1. The van der Waals surface area contributed by atoms with E-state index in [2.05, 4.69) is 16.4 Å². The topological polar surface area (TPSA) is 41.5 Å². The SMILES string of the molecule is O=C1NC(=Nc2cccc(C(F)(F)F)c2)S/C1=C\c1c2ccccc2cc2ccccc12. The molecule has 1 amide bonds. The Bertz CT molecular complexity index is 1390. The number of amides is 1. The Kier molecular flexibility index (Phi) is 4.98. The molecule has 0 unspecified atom stereocenters. The lowest BCUT2D eigenvalue weighted by atomic mass is 9.96. The maximum atomic E-state index is 13.0. The molecule has 5 rings (SSSR count). The summed E-state index contributed by atoms with van der Waals surface area (Å²) in [6.07, 6.45) is -2.64. The Morgan fingerprint density at radius 2 is 1.50 bits per heavy atom. The Balaban J connectivity index is 1.56. The number of carbonyl (C=O) groups is 1. The van der Waals surface area contributed by atoms with Gasteiger partial charge in [-0.05, 0) is 69.2 Å². The van der Waals surface area contributed by atoms with E-state index in [0.717, 1.165) is 51.0 Å². The number of fused-ring (bicyclic) bond motifs is 2. The second kappa shape index (κ2) is 7.84. The van der Waals surface area contributed by atoms with E-state index >= 15 is 0 Å². The molecule has 1 saturated heterocycles. The quantitative estimate of drug-likeness (QED) is 0.268. The maximum absolute atomic E-state index is 13.0. The average Bonchev–Trinajstić information content (AvgIpc) is 3.11. The van der Waals surface area contributed by atoms with Crippen LogP contribution < -0.4 is 5.32 Å². The minimum absolute atomic E-state index is 0.125. The molecule has 0 saturated carbocycles. The average molecular weight is 448 g/mol. The van der Waals surface area contributed by atoms with E-state index in [9.17, 15) is 18.0 Å². The van der Waals surface area contributed by atoms with Gasteiger partial charge in [0.05, 0.1) is 16.2 Å². The number of nitrogens with zero attached hydrogens (tertiary/aromatic N) is 1. The van der Waals surface area contributed by atoms with Crippen LogP contribution in [0, 0.1) is 0 Å². The summed E-state index contributed by atoms with van der Waals surface area (Å²) in [5, 5.41) is 7.02. The van der Waals surface area contributed by atoms with E-state index in [1.54, 1.807) is 0 Å². The van der Waals surface area contributed by atoms with Crippen molar-refractivity contribution in [1.82, 2.24) is 5.32 Å². The van der Waals surface area contributed by atoms with E-state index in [1.807, 2.05) is 54.6 Å². The minimum Gasteiger partial charge on any atom is -0.300 e. The van der Waals surface area contributed by atoms with E-state index in [-0.39, 0.29) is 16.8 Å². The first-order chi connectivity index (χ1) is 15.4. The highest BCUT2D eigenvalue weighted by Crippen LogP contribution is 2.35. The molecule has 32 heavy (non-hydrogen) atoms. The van der Waals surface area contributed by atoms with Crippen LogP contribution in [-0.4, -0.2) is 11.1 Å². The van der Waals surface area contributed by atoms with Crippen molar-refractivity contribution in [2.24, 2.45) is 4.99 Å². The van der Waals surface area contributed by atoms with Gasteiger partial charge in [0.1, 0.15) is 0 Å². The molecule has 0 atom stereocenters. The fraction of sp³-hybridized carbons (Fsp3) is 0.0400. The lowest BCUT2D eigenvalue weighted by Gasteiger charge is -2.08. The van der Waals surface area contributed by atoms with E-state index in [1.165, 1.54) is 12.1 Å². The summed E-state index contributed by atoms with van der Waals surface area (Å²) in [7, 11) is 0. The van der Waals surface area contributed by atoms with Crippen LogP contribution in [0.4, 0.5) is 18.9 Å². The third-order valence-corrected chi connectivity index (χ3v) is 6.05. The predicted octanol–water partition coefficient (Wildman–Crippen LogP) is 6.90. The first-order valence-corrected chi connectivity index (χ1v) is 10.6. The molecule has 1 aliphatic heterocycles. The summed E-state index contributed by atoms with van der Waals surface area (Å²) in [6.45, 7) is 0. The van der Waals surface area contributed by atoms with E-state index in [4.69, 9.17) is 0 Å². The van der Waals surface area contributed by atoms with Gasteiger partial charge in [-0.2, -0.15) is 13.2 Å². The largest absolute Gasteiger partial charge is 0.416 e. The normalized spacial score (nSPS) is 16.9. The first-order valence-electron chi connectivity index (χ1n) is 9.76. The summed E-state index contributed by atoms with van der Waals surface area (Å²) in [6, 6.07) is 22.7. The number of amidine groups is 1. The molecule has 0 aromatic heterocycles. The van der Waals surface area contributed by atoms with Crippen LogP contribution in [0.3, 0.4) is 0 Å². The van der Waals surface area contributed by atoms with Crippen LogP contribution in [-0.2, 0) is 11.0 Å². The van der Waals surface area contributed by atoms with Crippen LogP contribution in [0.15, 0.2) is 88.8 Å². The zero-order valence-electron chi connectivity index (χ0n) is 16.5. The monoisotopic (exact) mass is 448 g/mol. The van der Waals surface area contributed by atoms with Crippen molar-refractivity contribution in [2.45, 2.75) is 6.18 Å². The number of hydrogen-bond acceptors (Lipinski definition) is 3. The number of carbonyl (C=O) groups excluding carboxylic acids is 1. The summed E-state index contributed by atoms with van der Waals surface area (Å²) in [5.41, 5.74) is 0.253. The molecule has 0 aliphatic carbocycles.